The molecular weight excluding hydrogens is 182 g/mol. The number of oxime groups is 1. The highest BCUT2D eigenvalue weighted by atomic mass is 16.4. The fourth-order valence-electron chi connectivity index (χ4n) is 1.25. The van der Waals surface area contributed by atoms with Crippen LogP contribution in [0.4, 0.5) is 0 Å². The first kappa shape index (κ1) is 8.49. The topological polar surface area (TPSA) is 89.3 Å². The predicted molar refractivity (Wildman–Crippen MR) is 51.0 cm³/mol. The predicted octanol–water partition coefficient (Wildman–Crippen LogP) is 0.0628. The SMILES string of the molecule is Cn1nnc2ccc(/C(N)=N\O)cc21. The van der Waals surface area contributed by atoms with Crippen molar-refractivity contribution in [2.45, 2.75) is 0 Å². The van der Waals surface area contributed by atoms with Gasteiger partial charge in [0, 0.05) is 12.6 Å². The Morgan fingerprint density at radius 1 is 1.57 bits per heavy atom. The van der Waals surface area contributed by atoms with E-state index in [0.717, 1.165) is 11.0 Å². The number of fused-ring (bicyclic) bond motifs is 1. The van der Waals surface area contributed by atoms with E-state index in [2.05, 4.69) is 15.5 Å². The number of aromatic nitrogens is 3. The van der Waals surface area contributed by atoms with Gasteiger partial charge in [-0.3, -0.25) is 0 Å². The van der Waals surface area contributed by atoms with E-state index in [9.17, 15) is 0 Å². The smallest absolute Gasteiger partial charge is 0.170 e. The third-order valence-electron chi connectivity index (χ3n) is 2.01. The normalized spacial score (nSPS) is 12.2. The van der Waals surface area contributed by atoms with Gasteiger partial charge in [-0.2, -0.15) is 0 Å². The number of hydrogen-bond donors (Lipinski definition) is 2. The average Bonchev–Trinajstić information content (AvgIpc) is 2.59. The zero-order valence-electron chi connectivity index (χ0n) is 7.55. The van der Waals surface area contributed by atoms with Crippen LogP contribution in [-0.4, -0.2) is 26.0 Å². The molecule has 0 bridgehead atoms. The van der Waals surface area contributed by atoms with E-state index in [1.165, 1.54) is 0 Å². The number of hydrogen-bond acceptors (Lipinski definition) is 4. The van der Waals surface area contributed by atoms with Gasteiger partial charge in [-0.1, -0.05) is 10.4 Å². The van der Waals surface area contributed by atoms with Crippen molar-refractivity contribution in [3.8, 4) is 0 Å². The van der Waals surface area contributed by atoms with Crippen molar-refractivity contribution in [2.24, 2.45) is 17.9 Å². The van der Waals surface area contributed by atoms with Crippen molar-refractivity contribution in [3.05, 3.63) is 23.8 Å². The van der Waals surface area contributed by atoms with Gasteiger partial charge in [0.1, 0.15) is 5.52 Å². The molecule has 0 saturated carbocycles. The minimum absolute atomic E-state index is 0.0769. The molecule has 0 atom stereocenters. The Hall–Kier alpha value is -2.11. The maximum atomic E-state index is 8.51. The lowest BCUT2D eigenvalue weighted by atomic mass is 10.2. The Labute approximate surface area is 79.6 Å². The number of benzene rings is 1. The van der Waals surface area contributed by atoms with Crippen LogP contribution in [0.2, 0.25) is 0 Å². The van der Waals surface area contributed by atoms with Gasteiger partial charge in [0.05, 0.1) is 5.52 Å². The van der Waals surface area contributed by atoms with Gasteiger partial charge >= 0.3 is 0 Å². The molecule has 0 aliphatic carbocycles. The molecule has 1 aromatic carbocycles. The van der Waals surface area contributed by atoms with E-state index in [1.54, 1.807) is 29.9 Å². The molecule has 2 rings (SSSR count). The molecule has 2 aromatic rings. The Kier molecular flexibility index (Phi) is 1.81. The summed E-state index contributed by atoms with van der Waals surface area (Å²) in [5.41, 5.74) is 7.72. The van der Waals surface area contributed by atoms with Gasteiger partial charge in [0.15, 0.2) is 5.84 Å². The molecule has 0 aliphatic heterocycles. The number of aryl methyl sites for hydroxylation is 1. The molecule has 6 heteroatoms. The summed E-state index contributed by atoms with van der Waals surface area (Å²) >= 11 is 0. The first-order chi connectivity index (χ1) is 6.72. The van der Waals surface area contributed by atoms with Gasteiger partial charge in [0.2, 0.25) is 0 Å². The minimum atomic E-state index is 0.0769. The van der Waals surface area contributed by atoms with Gasteiger partial charge in [-0.25, -0.2) is 4.68 Å². The Morgan fingerprint density at radius 2 is 2.36 bits per heavy atom. The van der Waals surface area contributed by atoms with Crippen LogP contribution in [0, 0.1) is 0 Å². The zero-order chi connectivity index (χ0) is 10.1. The molecule has 0 saturated heterocycles. The fraction of sp³-hybridized carbons (Fsp3) is 0.125. The van der Waals surface area contributed by atoms with E-state index in [-0.39, 0.29) is 5.84 Å². The summed E-state index contributed by atoms with van der Waals surface area (Å²) in [4.78, 5) is 0. The molecule has 0 aliphatic rings. The maximum Gasteiger partial charge on any atom is 0.170 e. The molecule has 0 fully saturated rings. The average molecular weight is 191 g/mol. The molecule has 14 heavy (non-hydrogen) atoms. The molecule has 0 amide bonds. The third kappa shape index (κ3) is 1.17. The van der Waals surface area contributed by atoms with E-state index in [0.29, 0.717) is 5.56 Å². The first-order valence-corrected chi connectivity index (χ1v) is 3.99. The van der Waals surface area contributed by atoms with Crippen LogP contribution >= 0.6 is 0 Å². The molecule has 72 valence electrons. The van der Waals surface area contributed by atoms with Crippen molar-refractivity contribution in [1.82, 2.24) is 15.0 Å². The number of nitrogens with two attached hydrogens (primary N) is 1. The Bertz CT molecular complexity index is 501. The molecule has 0 spiro atoms. The second-order valence-electron chi connectivity index (χ2n) is 2.90. The zero-order valence-corrected chi connectivity index (χ0v) is 7.55. The third-order valence-corrected chi connectivity index (χ3v) is 2.01. The summed E-state index contributed by atoms with van der Waals surface area (Å²) in [6, 6.07) is 5.27. The van der Waals surface area contributed by atoms with E-state index in [4.69, 9.17) is 10.9 Å². The van der Waals surface area contributed by atoms with Gasteiger partial charge in [-0.15, -0.1) is 5.10 Å². The molecule has 0 unspecified atom stereocenters. The number of amidine groups is 1. The maximum absolute atomic E-state index is 8.51. The summed E-state index contributed by atoms with van der Waals surface area (Å²) in [6.45, 7) is 0. The van der Waals surface area contributed by atoms with E-state index >= 15 is 0 Å². The Balaban J connectivity index is 2.66. The highest BCUT2D eigenvalue weighted by Crippen LogP contribution is 2.12. The molecule has 1 aromatic heterocycles. The molecule has 0 radical (unpaired) electrons. The summed E-state index contributed by atoms with van der Waals surface area (Å²) in [7, 11) is 1.78. The van der Waals surface area contributed by atoms with E-state index in [1.807, 2.05) is 0 Å². The minimum Gasteiger partial charge on any atom is -0.409 e. The van der Waals surface area contributed by atoms with Crippen LogP contribution in [0.25, 0.3) is 11.0 Å². The highest BCUT2D eigenvalue weighted by Gasteiger charge is 2.04. The monoisotopic (exact) mass is 191 g/mol. The van der Waals surface area contributed by atoms with Crippen molar-refractivity contribution < 1.29 is 5.21 Å². The Morgan fingerprint density at radius 3 is 3.07 bits per heavy atom. The summed E-state index contributed by atoms with van der Waals surface area (Å²) in [5, 5.41) is 19.2. The summed E-state index contributed by atoms with van der Waals surface area (Å²) in [5.74, 6) is 0.0769. The van der Waals surface area contributed by atoms with Crippen LogP contribution in [-0.2, 0) is 7.05 Å². The lowest BCUT2D eigenvalue weighted by Crippen LogP contribution is -2.12. The fourth-order valence-corrected chi connectivity index (χ4v) is 1.25. The first-order valence-electron chi connectivity index (χ1n) is 3.99. The second-order valence-corrected chi connectivity index (χ2v) is 2.90. The summed E-state index contributed by atoms with van der Waals surface area (Å²) in [6.07, 6.45) is 0. The van der Waals surface area contributed by atoms with Crippen LogP contribution in [0.3, 0.4) is 0 Å². The van der Waals surface area contributed by atoms with Crippen molar-refractivity contribution >= 4 is 16.9 Å². The van der Waals surface area contributed by atoms with Crippen LogP contribution in [0.15, 0.2) is 23.4 Å². The molecule has 1 heterocycles. The standard InChI is InChI=1S/C8H9N5O/c1-13-7-4-5(8(9)11-14)2-3-6(7)10-12-13/h2-4,14H,1H3,(H2,9,11). The largest absolute Gasteiger partial charge is 0.409 e. The van der Waals surface area contributed by atoms with Crippen LogP contribution in [0.5, 0.6) is 0 Å². The van der Waals surface area contributed by atoms with Crippen molar-refractivity contribution in [2.75, 3.05) is 0 Å². The molecular formula is C8H9N5O. The molecule has 6 nitrogen and oxygen atoms in total. The quantitative estimate of drug-likeness (QED) is 0.289. The van der Waals surface area contributed by atoms with Crippen LogP contribution in [0.1, 0.15) is 5.56 Å². The second kappa shape index (κ2) is 2.99. The number of nitrogens with zero attached hydrogens (tertiary/aromatic N) is 4. The van der Waals surface area contributed by atoms with Crippen LogP contribution < -0.4 is 5.73 Å². The number of rotatable bonds is 1. The van der Waals surface area contributed by atoms with Gasteiger partial charge in [-0.05, 0) is 18.2 Å². The molecule has 3 N–H and O–H groups in total. The van der Waals surface area contributed by atoms with Crippen molar-refractivity contribution in [3.63, 3.8) is 0 Å². The lowest BCUT2D eigenvalue weighted by molar-refractivity contribution is 0.318. The van der Waals surface area contributed by atoms with Gasteiger partial charge < -0.3 is 10.9 Å². The summed E-state index contributed by atoms with van der Waals surface area (Å²) < 4.78 is 1.63. The lowest BCUT2D eigenvalue weighted by Gasteiger charge is -1.98. The highest BCUT2D eigenvalue weighted by molar-refractivity contribution is 5.99. The van der Waals surface area contributed by atoms with Gasteiger partial charge in [0.25, 0.3) is 0 Å². The van der Waals surface area contributed by atoms with Crippen molar-refractivity contribution in [1.29, 1.82) is 0 Å². The van der Waals surface area contributed by atoms with E-state index < -0.39 is 0 Å².